The van der Waals surface area contributed by atoms with Crippen LogP contribution in [0.2, 0.25) is 0 Å². The molecule has 1 unspecified atom stereocenters. The van der Waals surface area contributed by atoms with E-state index in [4.69, 9.17) is 0 Å². The molecule has 0 amide bonds. The van der Waals surface area contributed by atoms with Crippen molar-refractivity contribution in [2.24, 2.45) is 5.92 Å². The number of nitrogens with zero attached hydrogens (tertiary/aromatic N) is 1. The van der Waals surface area contributed by atoms with E-state index >= 15 is 0 Å². The Hall–Kier alpha value is -0.300. The molecule has 0 aromatic heterocycles. The molecule has 1 atom stereocenters. The summed E-state index contributed by atoms with van der Waals surface area (Å²) in [5.74, 6) is 0.892. The maximum absolute atomic E-state index is 4.05. The van der Waals surface area contributed by atoms with Crippen LogP contribution in [0.25, 0.3) is 0 Å². The predicted molar refractivity (Wildman–Crippen MR) is 54.3 cm³/mol. The quantitative estimate of drug-likeness (QED) is 0.584. The van der Waals surface area contributed by atoms with Crippen molar-refractivity contribution in [2.75, 3.05) is 19.6 Å². The first-order valence-corrected chi connectivity index (χ1v) is 5.11. The van der Waals surface area contributed by atoms with E-state index in [0.29, 0.717) is 0 Å². The molecule has 1 aliphatic heterocycles. The fraction of sp³-hybridized carbons (Fsp3) is 0.818. The van der Waals surface area contributed by atoms with Crippen molar-refractivity contribution >= 4 is 0 Å². The molecule has 1 fully saturated rings. The van der Waals surface area contributed by atoms with Crippen LogP contribution in [-0.4, -0.2) is 24.5 Å². The van der Waals surface area contributed by atoms with Crippen molar-refractivity contribution in [1.29, 1.82) is 0 Å². The molecule has 1 heteroatoms. The molecule has 70 valence electrons. The van der Waals surface area contributed by atoms with Crippen LogP contribution in [0.4, 0.5) is 0 Å². The lowest BCUT2D eigenvalue weighted by atomic mass is 10.00. The van der Waals surface area contributed by atoms with E-state index < -0.39 is 0 Å². The minimum Gasteiger partial charge on any atom is -0.299 e. The highest BCUT2D eigenvalue weighted by molar-refractivity contribution is 4.96. The molecular weight excluding hydrogens is 146 g/mol. The summed E-state index contributed by atoms with van der Waals surface area (Å²) in [6, 6.07) is 0. The van der Waals surface area contributed by atoms with Gasteiger partial charge in [-0.2, -0.15) is 0 Å². The highest BCUT2D eigenvalue weighted by Gasteiger charge is 2.15. The molecule has 0 N–H and O–H groups in total. The third kappa shape index (κ3) is 2.98. The Morgan fingerprint density at radius 1 is 1.58 bits per heavy atom. The van der Waals surface area contributed by atoms with Gasteiger partial charge in [0.1, 0.15) is 0 Å². The minimum atomic E-state index is 0.892. The molecule has 0 aliphatic carbocycles. The van der Waals surface area contributed by atoms with Gasteiger partial charge in [0.25, 0.3) is 0 Å². The number of hydrogen-bond acceptors (Lipinski definition) is 1. The van der Waals surface area contributed by atoms with Gasteiger partial charge in [0.15, 0.2) is 0 Å². The lowest BCUT2D eigenvalue weighted by Gasteiger charge is -2.31. The Balaban J connectivity index is 2.27. The first-order chi connectivity index (χ1) is 5.72. The van der Waals surface area contributed by atoms with Crippen molar-refractivity contribution in [3.05, 3.63) is 12.2 Å². The smallest absolute Gasteiger partial charge is 0.0190 e. The van der Waals surface area contributed by atoms with Crippen molar-refractivity contribution in [2.45, 2.75) is 33.1 Å². The van der Waals surface area contributed by atoms with E-state index in [-0.39, 0.29) is 0 Å². The second-order valence-electron chi connectivity index (χ2n) is 4.09. The Morgan fingerprint density at radius 3 is 2.92 bits per heavy atom. The summed E-state index contributed by atoms with van der Waals surface area (Å²) >= 11 is 0. The van der Waals surface area contributed by atoms with Gasteiger partial charge in [0.2, 0.25) is 0 Å². The highest BCUT2D eigenvalue weighted by Crippen LogP contribution is 2.16. The topological polar surface area (TPSA) is 3.24 Å². The standard InChI is InChI=1S/C11H21N/c1-4-10(2)8-12-7-5-6-11(3)9-12/h11H,2,4-9H2,1,3H3. The Morgan fingerprint density at radius 2 is 2.33 bits per heavy atom. The first kappa shape index (κ1) is 9.79. The predicted octanol–water partition coefficient (Wildman–Crippen LogP) is 2.68. The van der Waals surface area contributed by atoms with E-state index in [9.17, 15) is 0 Å². The molecule has 0 aromatic rings. The zero-order valence-electron chi connectivity index (χ0n) is 8.47. The van der Waals surface area contributed by atoms with E-state index in [0.717, 1.165) is 18.9 Å². The Labute approximate surface area is 76.5 Å². The second kappa shape index (κ2) is 4.66. The highest BCUT2D eigenvalue weighted by atomic mass is 15.1. The zero-order valence-corrected chi connectivity index (χ0v) is 8.47. The molecule has 0 radical (unpaired) electrons. The number of rotatable bonds is 3. The monoisotopic (exact) mass is 167 g/mol. The van der Waals surface area contributed by atoms with Crippen molar-refractivity contribution in [1.82, 2.24) is 4.90 Å². The third-order valence-electron chi connectivity index (χ3n) is 2.69. The SMILES string of the molecule is C=C(CC)CN1CCCC(C)C1. The van der Waals surface area contributed by atoms with Crippen molar-refractivity contribution in [3.63, 3.8) is 0 Å². The lowest BCUT2D eigenvalue weighted by Crippen LogP contribution is -2.35. The molecule has 1 saturated heterocycles. The van der Waals surface area contributed by atoms with Crippen LogP contribution in [0.5, 0.6) is 0 Å². The average molecular weight is 167 g/mol. The van der Waals surface area contributed by atoms with Crippen LogP contribution in [0.15, 0.2) is 12.2 Å². The first-order valence-electron chi connectivity index (χ1n) is 5.11. The maximum Gasteiger partial charge on any atom is 0.0190 e. The van der Waals surface area contributed by atoms with Gasteiger partial charge in [-0.05, 0) is 31.7 Å². The van der Waals surface area contributed by atoms with Gasteiger partial charge >= 0.3 is 0 Å². The summed E-state index contributed by atoms with van der Waals surface area (Å²) in [5.41, 5.74) is 1.38. The van der Waals surface area contributed by atoms with E-state index in [1.54, 1.807) is 0 Å². The van der Waals surface area contributed by atoms with Crippen molar-refractivity contribution in [3.8, 4) is 0 Å². The normalized spacial score (nSPS) is 25.7. The molecule has 1 nitrogen and oxygen atoms in total. The van der Waals surface area contributed by atoms with Gasteiger partial charge in [-0.25, -0.2) is 0 Å². The van der Waals surface area contributed by atoms with E-state index in [2.05, 4.69) is 25.3 Å². The molecule has 0 spiro atoms. The van der Waals surface area contributed by atoms with Gasteiger partial charge in [-0.15, -0.1) is 0 Å². The second-order valence-corrected chi connectivity index (χ2v) is 4.09. The Kier molecular flexibility index (Phi) is 3.80. The van der Waals surface area contributed by atoms with Gasteiger partial charge in [0.05, 0.1) is 0 Å². The zero-order chi connectivity index (χ0) is 8.97. The molecule has 0 bridgehead atoms. The summed E-state index contributed by atoms with van der Waals surface area (Å²) in [6.45, 7) is 12.3. The van der Waals surface area contributed by atoms with Gasteiger partial charge in [0, 0.05) is 13.1 Å². The summed E-state index contributed by atoms with van der Waals surface area (Å²) in [4.78, 5) is 2.54. The number of likely N-dealkylation sites (tertiary alicyclic amines) is 1. The molecule has 0 saturated carbocycles. The van der Waals surface area contributed by atoms with Crippen molar-refractivity contribution < 1.29 is 0 Å². The maximum atomic E-state index is 4.05. The van der Waals surface area contributed by atoms with Crippen LogP contribution < -0.4 is 0 Å². The fourth-order valence-electron chi connectivity index (χ4n) is 1.86. The lowest BCUT2D eigenvalue weighted by molar-refractivity contribution is 0.197. The van der Waals surface area contributed by atoms with Crippen LogP contribution in [0.3, 0.4) is 0 Å². The molecule has 0 aromatic carbocycles. The molecule has 12 heavy (non-hydrogen) atoms. The van der Waals surface area contributed by atoms with Gasteiger partial charge < -0.3 is 0 Å². The molecule has 1 heterocycles. The van der Waals surface area contributed by atoms with E-state index in [1.165, 1.54) is 31.5 Å². The summed E-state index contributed by atoms with van der Waals surface area (Å²) in [6.07, 6.45) is 3.91. The summed E-state index contributed by atoms with van der Waals surface area (Å²) < 4.78 is 0. The van der Waals surface area contributed by atoms with Crippen LogP contribution in [0, 0.1) is 5.92 Å². The van der Waals surface area contributed by atoms with Gasteiger partial charge in [-0.3, -0.25) is 4.90 Å². The summed E-state index contributed by atoms with van der Waals surface area (Å²) in [7, 11) is 0. The van der Waals surface area contributed by atoms with Crippen LogP contribution >= 0.6 is 0 Å². The Bertz CT molecular complexity index is 151. The van der Waals surface area contributed by atoms with Crippen LogP contribution in [-0.2, 0) is 0 Å². The van der Waals surface area contributed by atoms with E-state index in [1.807, 2.05) is 0 Å². The summed E-state index contributed by atoms with van der Waals surface area (Å²) in [5, 5.41) is 0. The molecular formula is C11H21N. The minimum absolute atomic E-state index is 0.892. The van der Waals surface area contributed by atoms with Crippen LogP contribution in [0.1, 0.15) is 33.1 Å². The number of hydrogen-bond donors (Lipinski definition) is 0. The van der Waals surface area contributed by atoms with Gasteiger partial charge in [-0.1, -0.05) is 26.0 Å². The number of piperidine rings is 1. The average Bonchev–Trinajstić information content (AvgIpc) is 2.04. The third-order valence-corrected chi connectivity index (χ3v) is 2.69. The largest absolute Gasteiger partial charge is 0.299 e. The fourth-order valence-corrected chi connectivity index (χ4v) is 1.86. The molecule has 1 aliphatic rings. The molecule has 1 rings (SSSR count).